The third kappa shape index (κ3) is 2.54. The number of phenols is 2. The summed E-state index contributed by atoms with van der Waals surface area (Å²) in [6, 6.07) is 40.6. The Balaban J connectivity index is 1.81. The fourth-order valence-electron chi connectivity index (χ4n) is 6.21. The Hall–Kier alpha value is -4.56. The van der Waals surface area contributed by atoms with Crippen LogP contribution in [0.1, 0.15) is 22.3 Å². The second-order valence-electron chi connectivity index (χ2n) is 9.20. The van der Waals surface area contributed by atoms with E-state index in [2.05, 4.69) is 60.7 Å². The summed E-state index contributed by atoms with van der Waals surface area (Å²) < 4.78 is 0. The van der Waals surface area contributed by atoms with Crippen LogP contribution in [0.25, 0.3) is 32.7 Å². The molecule has 0 fully saturated rings. The number of rotatable bonds is 2. The molecule has 0 radical (unpaired) electrons. The van der Waals surface area contributed by atoms with Gasteiger partial charge in [-0.05, 0) is 55.9 Å². The quantitative estimate of drug-likeness (QED) is 0.282. The number of aromatic hydroxyl groups is 2. The fraction of sp³-hybridized carbons (Fsp3) is 0.0303. The zero-order valence-corrected chi connectivity index (χ0v) is 18.9. The maximum Gasteiger partial charge on any atom is 0.121 e. The van der Waals surface area contributed by atoms with Crippen molar-refractivity contribution in [2.75, 3.05) is 0 Å². The Bertz CT molecular complexity index is 1650. The van der Waals surface area contributed by atoms with Crippen molar-refractivity contribution in [1.82, 2.24) is 0 Å². The van der Waals surface area contributed by atoms with Crippen LogP contribution in [0.2, 0.25) is 0 Å². The average Bonchev–Trinajstić information content (AvgIpc) is 3.19. The maximum absolute atomic E-state index is 11.6. The van der Waals surface area contributed by atoms with Crippen LogP contribution in [0.4, 0.5) is 0 Å². The highest BCUT2D eigenvalue weighted by molar-refractivity contribution is 6.00. The second-order valence-corrected chi connectivity index (χ2v) is 9.20. The van der Waals surface area contributed by atoms with E-state index in [1.165, 1.54) is 0 Å². The summed E-state index contributed by atoms with van der Waals surface area (Å²) in [5.41, 5.74) is 5.01. The lowest BCUT2D eigenvalue weighted by Gasteiger charge is -2.36. The third-order valence-electron chi connectivity index (χ3n) is 7.52. The molecular formula is C33H22O2. The van der Waals surface area contributed by atoms with Crippen LogP contribution < -0.4 is 0 Å². The molecule has 0 aromatic heterocycles. The molecule has 2 nitrogen and oxygen atoms in total. The molecular weight excluding hydrogens is 428 g/mol. The summed E-state index contributed by atoms with van der Waals surface area (Å²) in [7, 11) is 0. The Morgan fingerprint density at radius 2 is 0.800 bits per heavy atom. The molecule has 6 aromatic carbocycles. The van der Waals surface area contributed by atoms with Gasteiger partial charge in [-0.1, -0.05) is 109 Å². The molecule has 1 aliphatic rings. The van der Waals surface area contributed by atoms with E-state index in [0.29, 0.717) is 0 Å². The lowest BCUT2D eigenvalue weighted by molar-refractivity contribution is 0.451. The highest BCUT2D eigenvalue weighted by Crippen LogP contribution is 2.61. The Kier molecular flexibility index (Phi) is 4.10. The molecule has 2 heteroatoms. The number of hydrogen-bond donors (Lipinski definition) is 2. The van der Waals surface area contributed by atoms with Crippen molar-refractivity contribution in [3.63, 3.8) is 0 Å². The van der Waals surface area contributed by atoms with Crippen LogP contribution in [-0.2, 0) is 5.41 Å². The maximum atomic E-state index is 11.6. The predicted octanol–water partition coefficient (Wildman–Crippen LogP) is 7.77. The Labute approximate surface area is 203 Å². The average molecular weight is 451 g/mol. The van der Waals surface area contributed by atoms with E-state index in [0.717, 1.165) is 54.9 Å². The first-order valence-corrected chi connectivity index (χ1v) is 11.8. The predicted molar refractivity (Wildman–Crippen MR) is 142 cm³/mol. The Morgan fingerprint density at radius 1 is 0.400 bits per heavy atom. The molecule has 7 rings (SSSR count). The summed E-state index contributed by atoms with van der Waals surface area (Å²) in [5, 5.41) is 27.3. The minimum absolute atomic E-state index is 0.211. The zero-order chi connectivity index (χ0) is 23.6. The number of phenolic OH excluding ortho intramolecular Hbond substituents is 2. The summed E-state index contributed by atoms with van der Waals surface area (Å²) in [4.78, 5) is 0. The van der Waals surface area contributed by atoms with Crippen molar-refractivity contribution in [3.05, 3.63) is 144 Å². The van der Waals surface area contributed by atoms with Gasteiger partial charge in [0.05, 0.1) is 5.41 Å². The standard InChI is InChI=1S/C33H22O2/c34-29-19-17-21-9-1-3-11-23(21)31(29)33(32-24-12-4-2-10-22(24)18-20-30(32)35)27-15-7-5-13-25(27)26-14-6-8-16-28(26)33/h1-20,34-35H. The number of hydrogen-bond acceptors (Lipinski definition) is 2. The number of fused-ring (bicyclic) bond motifs is 5. The van der Waals surface area contributed by atoms with Gasteiger partial charge in [0.15, 0.2) is 0 Å². The lowest BCUT2D eigenvalue weighted by atomic mass is 9.65. The number of benzene rings is 6. The highest BCUT2D eigenvalue weighted by Gasteiger charge is 2.50. The van der Waals surface area contributed by atoms with Gasteiger partial charge in [0.2, 0.25) is 0 Å². The molecule has 0 unspecified atom stereocenters. The van der Waals surface area contributed by atoms with Gasteiger partial charge in [-0.2, -0.15) is 0 Å². The van der Waals surface area contributed by atoms with E-state index >= 15 is 0 Å². The van der Waals surface area contributed by atoms with Crippen LogP contribution in [0.3, 0.4) is 0 Å². The van der Waals surface area contributed by atoms with Gasteiger partial charge in [0, 0.05) is 11.1 Å². The summed E-state index contributed by atoms with van der Waals surface area (Å²) in [6.07, 6.45) is 0. The monoisotopic (exact) mass is 450 g/mol. The fourth-order valence-corrected chi connectivity index (χ4v) is 6.21. The molecule has 0 spiro atoms. The molecule has 0 saturated heterocycles. The Morgan fingerprint density at radius 3 is 1.29 bits per heavy atom. The van der Waals surface area contributed by atoms with E-state index in [1.807, 2.05) is 48.5 Å². The molecule has 0 aliphatic heterocycles. The lowest BCUT2D eigenvalue weighted by Crippen LogP contribution is -2.29. The molecule has 0 heterocycles. The summed E-state index contributed by atoms with van der Waals surface area (Å²) >= 11 is 0. The zero-order valence-electron chi connectivity index (χ0n) is 18.9. The van der Waals surface area contributed by atoms with Gasteiger partial charge in [-0.15, -0.1) is 0 Å². The van der Waals surface area contributed by atoms with Crippen molar-refractivity contribution in [1.29, 1.82) is 0 Å². The van der Waals surface area contributed by atoms with Crippen molar-refractivity contribution in [2.24, 2.45) is 0 Å². The first-order chi connectivity index (χ1) is 17.2. The van der Waals surface area contributed by atoms with Crippen LogP contribution >= 0.6 is 0 Å². The molecule has 0 saturated carbocycles. The minimum atomic E-state index is -0.914. The van der Waals surface area contributed by atoms with E-state index in [-0.39, 0.29) is 11.5 Å². The van der Waals surface area contributed by atoms with Gasteiger partial charge >= 0.3 is 0 Å². The third-order valence-corrected chi connectivity index (χ3v) is 7.52. The largest absolute Gasteiger partial charge is 0.508 e. The van der Waals surface area contributed by atoms with Gasteiger partial charge < -0.3 is 10.2 Å². The topological polar surface area (TPSA) is 40.5 Å². The van der Waals surface area contributed by atoms with Crippen molar-refractivity contribution >= 4 is 21.5 Å². The van der Waals surface area contributed by atoms with Gasteiger partial charge in [0.1, 0.15) is 11.5 Å². The van der Waals surface area contributed by atoms with Crippen LogP contribution in [0.5, 0.6) is 11.5 Å². The first-order valence-electron chi connectivity index (χ1n) is 11.8. The van der Waals surface area contributed by atoms with E-state index in [4.69, 9.17) is 0 Å². The highest BCUT2D eigenvalue weighted by atomic mass is 16.3. The van der Waals surface area contributed by atoms with Crippen molar-refractivity contribution < 1.29 is 10.2 Å². The van der Waals surface area contributed by atoms with E-state index < -0.39 is 5.41 Å². The van der Waals surface area contributed by atoms with Gasteiger partial charge in [-0.25, -0.2) is 0 Å². The van der Waals surface area contributed by atoms with Crippen LogP contribution in [0.15, 0.2) is 121 Å². The SMILES string of the molecule is Oc1ccc2ccccc2c1C1(c2c(O)ccc3ccccc23)c2ccccc2-c2ccccc21. The smallest absolute Gasteiger partial charge is 0.121 e. The van der Waals surface area contributed by atoms with Gasteiger partial charge in [0.25, 0.3) is 0 Å². The molecule has 2 N–H and O–H groups in total. The summed E-state index contributed by atoms with van der Waals surface area (Å²) in [5.74, 6) is 0.421. The molecule has 35 heavy (non-hydrogen) atoms. The molecule has 0 atom stereocenters. The van der Waals surface area contributed by atoms with E-state index in [9.17, 15) is 10.2 Å². The summed E-state index contributed by atoms with van der Waals surface area (Å²) in [6.45, 7) is 0. The molecule has 0 bridgehead atoms. The first kappa shape index (κ1) is 19.9. The molecule has 0 amide bonds. The normalized spacial score (nSPS) is 13.6. The van der Waals surface area contributed by atoms with Gasteiger partial charge in [-0.3, -0.25) is 0 Å². The van der Waals surface area contributed by atoms with E-state index in [1.54, 1.807) is 12.1 Å². The van der Waals surface area contributed by atoms with Crippen molar-refractivity contribution in [3.8, 4) is 22.6 Å². The molecule has 1 aliphatic carbocycles. The van der Waals surface area contributed by atoms with Crippen molar-refractivity contribution in [2.45, 2.75) is 5.41 Å². The minimum Gasteiger partial charge on any atom is -0.508 e. The molecule has 6 aromatic rings. The molecule has 166 valence electrons. The van der Waals surface area contributed by atoms with Crippen LogP contribution in [-0.4, -0.2) is 10.2 Å². The second kappa shape index (κ2) is 7.22. The van der Waals surface area contributed by atoms with Crippen LogP contribution in [0, 0.1) is 0 Å².